The summed E-state index contributed by atoms with van der Waals surface area (Å²) in [5.74, 6) is -5.40. The van der Waals surface area contributed by atoms with Crippen molar-refractivity contribution in [1.82, 2.24) is 14.9 Å². The number of alkyl halides is 6. The van der Waals surface area contributed by atoms with Gasteiger partial charge >= 0.3 is 24.3 Å². The molecule has 0 saturated carbocycles. The lowest BCUT2D eigenvalue weighted by atomic mass is 10.0. The lowest BCUT2D eigenvalue weighted by Gasteiger charge is -2.27. The lowest BCUT2D eigenvalue weighted by molar-refractivity contribution is -0.193. The maximum Gasteiger partial charge on any atom is 0.490 e. The number of nitrogens with zero attached hydrogens (tertiary/aromatic N) is 3. The summed E-state index contributed by atoms with van der Waals surface area (Å²) in [6, 6.07) is 9.71. The fraction of sp³-hybridized carbons (Fsp3) is 0.409. The highest BCUT2D eigenvalue weighted by Gasteiger charge is 2.39. The minimum atomic E-state index is -5.08. The number of ether oxygens (including phenoxy) is 1. The summed E-state index contributed by atoms with van der Waals surface area (Å²) in [5.41, 5.74) is 1.98. The number of halogens is 6. The molecular weight excluding hydrogens is 516 g/mol. The van der Waals surface area contributed by atoms with Crippen LogP contribution in [0.5, 0.6) is 0 Å². The number of hydrogen-bond donors (Lipinski definition) is 2. The molecule has 2 aromatic heterocycles. The summed E-state index contributed by atoms with van der Waals surface area (Å²) in [5, 5.41) is 14.2. The summed E-state index contributed by atoms with van der Waals surface area (Å²) in [6.07, 6.45) is -2.80. The standard InChI is InChI=1S/C18H21N3O2.2C2HF3O2/c1-23-17-7-11-21(16(17)12-14-5-9-19-10-6-14)18(22)13-15-4-2-3-8-20-15;2*3-2(4,5)1(6)7/h2-6,8-10,16-17H,7,11-13H2,1H3;2*(H,6,7)/t16-,17+;;/m0../s1. The molecule has 204 valence electrons. The largest absolute Gasteiger partial charge is 0.490 e. The molecule has 0 spiro atoms. The van der Waals surface area contributed by atoms with E-state index in [9.17, 15) is 31.1 Å². The molecule has 0 bridgehead atoms. The van der Waals surface area contributed by atoms with Crippen LogP contribution in [0.2, 0.25) is 0 Å². The van der Waals surface area contributed by atoms with Gasteiger partial charge in [-0.15, -0.1) is 0 Å². The molecule has 0 unspecified atom stereocenters. The molecule has 0 aromatic carbocycles. The van der Waals surface area contributed by atoms with E-state index in [2.05, 4.69) is 9.97 Å². The Morgan fingerprint density at radius 3 is 1.95 bits per heavy atom. The summed E-state index contributed by atoms with van der Waals surface area (Å²) in [7, 11) is 1.72. The van der Waals surface area contributed by atoms with Crippen LogP contribution in [0.25, 0.3) is 0 Å². The lowest BCUT2D eigenvalue weighted by Crippen LogP contribution is -2.42. The number of aromatic nitrogens is 2. The molecule has 15 heteroatoms. The van der Waals surface area contributed by atoms with E-state index in [0.717, 1.165) is 25.1 Å². The van der Waals surface area contributed by atoms with E-state index < -0.39 is 24.3 Å². The molecule has 0 aliphatic carbocycles. The smallest absolute Gasteiger partial charge is 0.475 e. The summed E-state index contributed by atoms with van der Waals surface area (Å²) < 4.78 is 69.1. The van der Waals surface area contributed by atoms with Crippen molar-refractivity contribution >= 4 is 17.8 Å². The number of carbonyl (C=O) groups is 3. The van der Waals surface area contributed by atoms with Crippen LogP contribution in [0.15, 0.2) is 48.9 Å². The van der Waals surface area contributed by atoms with Gasteiger partial charge in [-0.3, -0.25) is 14.8 Å². The van der Waals surface area contributed by atoms with Gasteiger partial charge in [-0.25, -0.2) is 9.59 Å². The Morgan fingerprint density at radius 1 is 0.973 bits per heavy atom. The maximum atomic E-state index is 12.7. The van der Waals surface area contributed by atoms with Gasteiger partial charge in [-0.05, 0) is 42.7 Å². The number of hydrogen-bond acceptors (Lipinski definition) is 6. The van der Waals surface area contributed by atoms with Crippen molar-refractivity contribution in [3.8, 4) is 0 Å². The molecule has 1 amide bonds. The van der Waals surface area contributed by atoms with Gasteiger partial charge < -0.3 is 19.8 Å². The van der Waals surface area contributed by atoms with Crippen LogP contribution in [0.1, 0.15) is 17.7 Å². The molecule has 37 heavy (non-hydrogen) atoms. The molecule has 9 nitrogen and oxygen atoms in total. The van der Waals surface area contributed by atoms with E-state index >= 15 is 0 Å². The van der Waals surface area contributed by atoms with E-state index in [0.29, 0.717) is 6.42 Å². The molecule has 2 aromatic rings. The van der Waals surface area contributed by atoms with Crippen LogP contribution >= 0.6 is 0 Å². The third kappa shape index (κ3) is 11.2. The average molecular weight is 539 g/mol. The number of aliphatic carboxylic acids is 2. The van der Waals surface area contributed by atoms with Crippen molar-refractivity contribution in [2.45, 2.75) is 43.8 Å². The van der Waals surface area contributed by atoms with E-state index in [-0.39, 0.29) is 18.1 Å². The van der Waals surface area contributed by atoms with Gasteiger partial charge in [0, 0.05) is 37.9 Å². The van der Waals surface area contributed by atoms with Gasteiger partial charge in [0.15, 0.2) is 0 Å². The van der Waals surface area contributed by atoms with Gasteiger partial charge in [-0.2, -0.15) is 26.3 Å². The van der Waals surface area contributed by atoms with Crippen molar-refractivity contribution in [2.24, 2.45) is 0 Å². The van der Waals surface area contributed by atoms with E-state index in [1.54, 1.807) is 25.7 Å². The van der Waals surface area contributed by atoms with Gasteiger partial charge in [0.1, 0.15) is 0 Å². The molecule has 3 rings (SSSR count). The highest BCUT2D eigenvalue weighted by Crippen LogP contribution is 2.24. The summed E-state index contributed by atoms with van der Waals surface area (Å²) in [6.45, 7) is 0.736. The summed E-state index contributed by atoms with van der Waals surface area (Å²) in [4.78, 5) is 40.7. The monoisotopic (exact) mass is 539 g/mol. The van der Waals surface area contributed by atoms with E-state index in [1.807, 2.05) is 35.2 Å². The zero-order chi connectivity index (χ0) is 28.2. The van der Waals surface area contributed by atoms with Gasteiger partial charge in [0.25, 0.3) is 0 Å². The number of carboxylic acids is 2. The molecule has 2 N–H and O–H groups in total. The molecule has 1 aliphatic heterocycles. The van der Waals surface area contributed by atoms with E-state index in [1.165, 1.54) is 5.56 Å². The van der Waals surface area contributed by atoms with Crippen molar-refractivity contribution in [3.05, 3.63) is 60.2 Å². The Balaban J connectivity index is 0.000000404. The number of likely N-dealkylation sites (tertiary alicyclic amines) is 1. The van der Waals surface area contributed by atoms with Crippen LogP contribution in [0.4, 0.5) is 26.3 Å². The predicted octanol–water partition coefficient (Wildman–Crippen LogP) is 3.14. The number of carbonyl (C=O) groups excluding carboxylic acids is 1. The zero-order valence-corrected chi connectivity index (χ0v) is 19.2. The molecule has 0 radical (unpaired) electrons. The Morgan fingerprint density at radius 2 is 1.51 bits per heavy atom. The van der Waals surface area contributed by atoms with Crippen LogP contribution in [-0.4, -0.2) is 81.1 Å². The predicted molar refractivity (Wildman–Crippen MR) is 114 cm³/mol. The highest BCUT2D eigenvalue weighted by molar-refractivity contribution is 5.79. The van der Waals surface area contributed by atoms with Gasteiger partial charge in [0.2, 0.25) is 5.91 Å². The molecule has 1 aliphatic rings. The average Bonchev–Trinajstić information content (AvgIpc) is 3.22. The third-order valence-electron chi connectivity index (χ3n) is 4.84. The zero-order valence-electron chi connectivity index (χ0n) is 19.2. The topological polar surface area (TPSA) is 130 Å². The minimum Gasteiger partial charge on any atom is -0.475 e. The second kappa shape index (κ2) is 14.1. The number of rotatable bonds is 5. The normalized spacial score (nSPS) is 17.1. The molecule has 2 atom stereocenters. The van der Waals surface area contributed by atoms with E-state index in [4.69, 9.17) is 24.5 Å². The van der Waals surface area contributed by atoms with Gasteiger partial charge in [-0.1, -0.05) is 6.07 Å². The Labute approximate surface area is 206 Å². The summed E-state index contributed by atoms with van der Waals surface area (Å²) >= 11 is 0. The molecule has 1 fully saturated rings. The van der Waals surface area contributed by atoms with Crippen LogP contribution in [0, 0.1) is 0 Å². The highest BCUT2D eigenvalue weighted by atomic mass is 19.4. The first kappa shape index (κ1) is 31.3. The molecular formula is C22H23F6N3O6. The molecule has 3 heterocycles. The number of carboxylic acid groups (broad SMARTS) is 2. The second-order valence-electron chi connectivity index (χ2n) is 7.38. The number of pyridine rings is 2. The van der Waals surface area contributed by atoms with Gasteiger partial charge in [0.05, 0.1) is 18.6 Å². The molecule has 1 saturated heterocycles. The quantitative estimate of drug-likeness (QED) is 0.555. The minimum absolute atomic E-state index is 0.0682. The van der Waals surface area contributed by atoms with Crippen molar-refractivity contribution in [1.29, 1.82) is 0 Å². The first-order valence-corrected chi connectivity index (χ1v) is 10.4. The first-order valence-electron chi connectivity index (χ1n) is 10.4. The van der Waals surface area contributed by atoms with Crippen molar-refractivity contribution < 1.29 is 55.7 Å². The van der Waals surface area contributed by atoms with Crippen LogP contribution < -0.4 is 0 Å². The van der Waals surface area contributed by atoms with Crippen LogP contribution in [-0.2, 0) is 32.0 Å². The Bertz CT molecular complexity index is 981. The third-order valence-corrected chi connectivity index (χ3v) is 4.84. The van der Waals surface area contributed by atoms with Crippen molar-refractivity contribution in [2.75, 3.05) is 13.7 Å². The SMILES string of the molecule is CO[C@@H]1CCN(C(=O)Cc2ccccn2)[C@H]1Cc1ccncc1.O=C(O)C(F)(F)F.O=C(O)C(F)(F)F. The van der Waals surface area contributed by atoms with Crippen molar-refractivity contribution in [3.63, 3.8) is 0 Å². The fourth-order valence-electron chi connectivity index (χ4n) is 3.17. The Hall–Kier alpha value is -3.75. The maximum absolute atomic E-state index is 12.7. The number of amides is 1. The fourth-order valence-corrected chi connectivity index (χ4v) is 3.17. The Kier molecular flexibility index (Phi) is 11.9. The second-order valence-corrected chi connectivity index (χ2v) is 7.38. The van der Waals surface area contributed by atoms with Crippen LogP contribution in [0.3, 0.4) is 0 Å². The first-order chi connectivity index (χ1) is 17.2. The number of methoxy groups -OCH3 is 1.